The van der Waals surface area contributed by atoms with Crippen LogP contribution in [0, 0.1) is 5.92 Å². The third kappa shape index (κ3) is 3.87. The van der Waals surface area contributed by atoms with Crippen LogP contribution in [0.4, 0.5) is 10.5 Å². The molecule has 1 aromatic carbocycles. The summed E-state index contributed by atoms with van der Waals surface area (Å²) in [7, 11) is 0. The van der Waals surface area contributed by atoms with E-state index in [2.05, 4.69) is 10.6 Å². The summed E-state index contributed by atoms with van der Waals surface area (Å²) in [5.41, 5.74) is 0.620. The molecular weight excluding hydrogens is 280 g/mol. The average Bonchev–Trinajstić information content (AvgIpc) is 2.41. The highest BCUT2D eigenvalue weighted by molar-refractivity contribution is 6.30. The van der Waals surface area contributed by atoms with Crippen LogP contribution in [0.1, 0.15) is 25.7 Å². The second kappa shape index (κ2) is 6.61. The number of hydrogen-bond donors (Lipinski definition) is 3. The van der Waals surface area contributed by atoms with Crippen molar-refractivity contribution in [2.75, 3.05) is 5.32 Å². The monoisotopic (exact) mass is 296 g/mol. The molecule has 2 atom stereocenters. The predicted molar refractivity (Wildman–Crippen MR) is 77.0 cm³/mol. The van der Waals surface area contributed by atoms with Crippen LogP contribution < -0.4 is 10.6 Å². The Balaban J connectivity index is 1.92. The molecule has 1 aliphatic carbocycles. The lowest BCUT2D eigenvalue weighted by Crippen LogP contribution is -2.46. The van der Waals surface area contributed by atoms with Gasteiger partial charge in [-0.3, -0.25) is 4.79 Å². The van der Waals surface area contributed by atoms with E-state index in [0.29, 0.717) is 23.6 Å². The van der Waals surface area contributed by atoms with E-state index in [1.165, 1.54) is 0 Å². The summed E-state index contributed by atoms with van der Waals surface area (Å²) >= 11 is 5.76. The number of urea groups is 1. The fraction of sp³-hybridized carbons (Fsp3) is 0.429. The number of benzene rings is 1. The van der Waals surface area contributed by atoms with Gasteiger partial charge < -0.3 is 15.7 Å². The average molecular weight is 297 g/mol. The largest absolute Gasteiger partial charge is 0.481 e. The van der Waals surface area contributed by atoms with Crippen molar-refractivity contribution in [1.29, 1.82) is 0 Å². The molecule has 6 heteroatoms. The zero-order chi connectivity index (χ0) is 14.5. The standard InChI is InChI=1S/C14H17ClN2O3/c15-9-5-7-10(8-6-9)16-14(20)17-12-4-2-1-3-11(12)13(18)19/h5-8,11-12H,1-4H2,(H,18,19)(H2,16,17,20). The molecule has 1 aromatic rings. The summed E-state index contributed by atoms with van der Waals surface area (Å²) in [4.78, 5) is 23.0. The first-order valence-corrected chi connectivity index (χ1v) is 7.00. The van der Waals surface area contributed by atoms with Gasteiger partial charge in [-0.1, -0.05) is 24.4 Å². The van der Waals surface area contributed by atoms with Crippen LogP contribution in [-0.2, 0) is 4.79 Å². The van der Waals surface area contributed by atoms with Gasteiger partial charge in [0.05, 0.1) is 5.92 Å². The molecule has 0 spiro atoms. The lowest BCUT2D eigenvalue weighted by molar-refractivity contribution is -0.143. The number of aliphatic carboxylic acids is 1. The number of carboxylic acids is 1. The minimum atomic E-state index is -0.846. The number of carbonyl (C=O) groups excluding carboxylic acids is 1. The third-order valence-electron chi connectivity index (χ3n) is 3.50. The fourth-order valence-corrected chi connectivity index (χ4v) is 2.59. The van der Waals surface area contributed by atoms with E-state index in [-0.39, 0.29) is 12.1 Å². The van der Waals surface area contributed by atoms with Crippen LogP contribution in [-0.4, -0.2) is 23.1 Å². The van der Waals surface area contributed by atoms with Gasteiger partial charge in [-0.2, -0.15) is 0 Å². The van der Waals surface area contributed by atoms with Crippen molar-refractivity contribution in [2.45, 2.75) is 31.7 Å². The Morgan fingerprint density at radius 3 is 2.45 bits per heavy atom. The van der Waals surface area contributed by atoms with Gasteiger partial charge in [-0.05, 0) is 37.1 Å². The molecule has 0 saturated heterocycles. The van der Waals surface area contributed by atoms with Crippen molar-refractivity contribution >= 4 is 29.3 Å². The van der Waals surface area contributed by atoms with E-state index < -0.39 is 11.9 Å². The van der Waals surface area contributed by atoms with Crippen molar-refractivity contribution in [3.8, 4) is 0 Å². The highest BCUT2D eigenvalue weighted by Gasteiger charge is 2.31. The van der Waals surface area contributed by atoms with Crippen LogP contribution in [0.25, 0.3) is 0 Å². The Morgan fingerprint density at radius 1 is 1.15 bits per heavy atom. The number of amides is 2. The van der Waals surface area contributed by atoms with Gasteiger partial charge in [-0.25, -0.2) is 4.79 Å². The molecule has 1 saturated carbocycles. The smallest absolute Gasteiger partial charge is 0.319 e. The zero-order valence-electron chi connectivity index (χ0n) is 10.9. The van der Waals surface area contributed by atoms with E-state index in [1.54, 1.807) is 24.3 Å². The van der Waals surface area contributed by atoms with Gasteiger partial charge in [-0.15, -0.1) is 0 Å². The van der Waals surface area contributed by atoms with Crippen molar-refractivity contribution in [2.24, 2.45) is 5.92 Å². The van der Waals surface area contributed by atoms with Gasteiger partial charge in [0.25, 0.3) is 0 Å². The molecule has 0 aromatic heterocycles. The lowest BCUT2D eigenvalue weighted by Gasteiger charge is -2.29. The van der Waals surface area contributed by atoms with E-state index >= 15 is 0 Å². The second-order valence-electron chi connectivity index (χ2n) is 4.94. The van der Waals surface area contributed by atoms with Crippen LogP contribution in [0.15, 0.2) is 24.3 Å². The van der Waals surface area contributed by atoms with Crippen molar-refractivity contribution in [1.82, 2.24) is 5.32 Å². The zero-order valence-corrected chi connectivity index (χ0v) is 11.7. The summed E-state index contributed by atoms with van der Waals surface area (Å²) in [5, 5.41) is 15.2. The van der Waals surface area contributed by atoms with Crippen molar-refractivity contribution in [3.05, 3.63) is 29.3 Å². The molecule has 0 bridgehead atoms. The number of rotatable bonds is 3. The Labute approximate surface area is 122 Å². The Bertz CT molecular complexity index is 490. The first-order chi connectivity index (χ1) is 9.56. The molecule has 2 amide bonds. The summed E-state index contributed by atoms with van der Waals surface area (Å²) < 4.78 is 0. The quantitative estimate of drug-likeness (QED) is 0.802. The molecular formula is C14H17ClN2O3. The summed E-state index contributed by atoms with van der Waals surface area (Å²) in [6.07, 6.45) is 3.15. The first kappa shape index (κ1) is 14.7. The molecule has 0 heterocycles. The van der Waals surface area contributed by atoms with Gasteiger partial charge in [0.15, 0.2) is 0 Å². The van der Waals surface area contributed by atoms with E-state index in [1.807, 2.05) is 0 Å². The number of carboxylic acid groups (broad SMARTS) is 1. The third-order valence-corrected chi connectivity index (χ3v) is 3.75. The van der Waals surface area contributed by atoms with Gasteiger partial charge in [0.1, 0.15) is 0 Å². The first-order valence-electron chi connectivity index (χ1n) is 6.62. The predicted octanol–water partition coefficient (Wildman–Crippen LogP) is 3.10. The molecule has 108 valence electrons. The van der Waals surface area contributed by atoms with E-state index in [0.717, 1.165) is 12.8 Å². The lowest BCUT2D eigenvalue weighted by atomic mass is 9.84. The van der Waals surface area contributed by atoms with Crippen LogP contribution >= 0.6 is 11.6 Å². The Hall–Kier alpha value is -1.75. The number of carbonyl (C=O) groups is 2. The van der Waals surface area contributed by atoms with Gasteiger partial charge >= 0.3 is 12.0 Å². The maximum atomic E-state index is 11.9. The molecule has 5 nitrogen and oxygen atoms in total. The minimum absolute atomic E-state index is 0.312. The highest BCUT2D eigenvalue weighted by atomic mass is 35.5. The number of hydrogen-bond acceptors (Lipinski definition) is 2. The number of nitrogens with one attached hydrogen (secondary N) is 2. The maximum absolute atomic E-state index is 11.9. The molecule has 0 aliphatic heterocycles. The van der Waals surface area contributed by atoms with E-state index in [9.17, 15) is 9.59 Å². The Morgan fingerprint density at radius 2 is 1.80 bits per heavy atom. The van der Waals surface area contributed by atoms with E-state index in [4.69, 9.17) is 16.7 Å². The minimum Gasteiger partial charge on any atom is -0.481 e. The van der Waals surface area contributed by atoms with Crippen molar-refractivity contribution in [3.63, 3.8) is 0 Å². The maximum Gasteiger partial charge on any atom is 0.319 e. The molecule has 1 fully saturated rings. The highest BCUT2D eigenvalue weighted by Crippen LogP contribution is 2.24. The fourth-order valence-electron chi connectivity index (χ4n) is 2.47. The number of anilines is 1. The Kier molecular flexibility index (Phi) is 4.84. The molecule has 0 radical (unpaired) electrons. The molecule has 2 unspecified atom stereocenters. The van der Waals surface area contributed by atoms with Crippen molar-refractivity contribution < 1.29 is 14.7 Å². The normalized spacial score (nSPS) is 22.1. The van der Waals surface area contributed by atoms with Crippen LogP contribution in [0.3, 0.4) is 0 Å². The van der Waals surface area contributed by atoms with Crippen LogP contribution in [0.5, 0.6) is 0 Å². The molecule has 1 aliphatic rings. The molecule has 3 N–H and O–H groups in total. The molecule has 20 heavy (non-hydrogen) atoms. The molecule has 2 rings (SSSR count). The summed E-state index contributed by atoms with van der Waals surface area (Å²) in [6, 6.07) is 6.05. The summed E-state index contributed by atoms with van der Waals surface area (Å²) in [6.45, 7) is 0. The topological polar surface area (TPSA) is 78.4 Å². The van der Waals surface area contributed by atoms with Gasteiger partial charge in [0, 0.05) is 16.8 Å². The van der Waals surface area contributed by atoms with Crippen LogP contribution in [0.2, 0.25) is 5.02 Å². The summed E-state index contributed by atoms with van der Waals surface area (Å²) in [5.74, 6) is -1.35. The second-order valence-corrected chi connectivity index (χ2v) is 5.38. The van der Waals surface area contributed by atoms with Gasteiger partial charge in [0.2, 0.25) is 0 Å². The number of halogens is 1. The SMILES string of the molecule is O=C(Nc1ccc(Cl)cc1)NC1CCCCC1C(=O)O.